The first-order valence-corrected chi connectivity index (χ1v) is 19.6. The second-order valence-corrected chi connectivity index (χ2v) is 16.3. The molecule has 8 rings (SSSR count). The molecule has 0 bridgehead atoms. The van der Waals surface area contributed by atoms with Gasteiger partial charge in [-0.15, -0.1) is 0 Å². The van der Waals surface area contributed by atoms with E-state index in [4.69, 9.17) is 9.72 Å². The van der Waals surface area contributed by atoms with E-state index in [0.29, 0.717) is 58.8 Å². The Bertz CT molecular complexity index is 2250. The Kier molecular flexibility index (Phi) is 10.1. The number of carbonyl (C=O) groups is 2. The maximum atomic E-state index is 14.0. The van der Waals surface area contributed by atoms with Gasteiger partial charge in [0.1, 0.15) is 11.5 Å². The third kappa shape index (κ3) is 7.01. The van der Waals surface area contributed by atoms with Gasteiger partial charge >= 0.3 is 0 Å². The molecule has 294 valence electrons. The molecule has 2 fully saturated rings. The zero-order valence-electron chi connectivity index (χ0n) is 32.7. The molecule has 0 radical (unpaired) electrons. The predicted molar refractivity (Wildman–Crippen MR) is 217 cm³/mol. The summed E-state index contributed by atoms with van der Waals surface area (Å²) in [7, 11) is 1.64. The summed E-state index contributed by atoms with van der Waals surface area (Å²) in [5, 5.41) is 16.9. The zero-order valence-corrected chi connectivity index (χ0v) is 32.7. The Morgan fingerprint density at radius 2 is 1.89 bits per heavy atom. The molecule has 14 heteroatoms. The second kappa shape index (κ2) is 15.0. The number of nitrogens with one attached hydrogen (secondary N) is 2. The van der Waals surface area contributed by atoms with Crippen LogP contribution in [0.5, 0.6) is 0 Å². The number of pyridine rings is 1. The lowest BCUT2D eigenvalue weighted by atomic mass is 9.90. The number of aromatic nitrogens is 4. The highest BCUT2D eigenvalue weighted by atomic mass is 16.5. The van der Waals surface area contributed by atoms with Crippen molar-refractivity contribution in [2.24, 2.45) is 12.5 Å². The molecule has 56 heavy (non-hydrogen) atoms. The number of ether oxygens (including phenoxy) is 1. The van der Waals surface area contributed by atoms with Gasteiger partial charge in [0.25, 0.3) is 11.5 Å². The van der Waals surface area contributed by atoms with Crippen LogP contribution in [0.15, 0.2) is 60.2 Å². The fourth-order valence-corrected chi connectivity index (χ4v) is 9.05. The fraction of sp³-hybridized carbons (Fsp3) is 0.452. The molecular weight excluding hydrogens is 711 g/mol. The first kappa shape index (κ1) is 37.6. The number of aliphatic hydroxyl groups excluding tert-OH is 1. The van der Waals surface area contributed by atoms with Crippen LogP contribution in [-0.4, -0.2) is 92.4 Å². The van der Waals surface area contributed by atoms with E-state index in [1.165, 1.54) is 21.9 Å². The van der Waals surface area contributed by atoms with Crippen molar-refractivity contribution in [3.05, 3.63) is 88.2 Å². The van der Waals surface area contributed by atoms with Gasteiger partial charge in [0, 0.05) is 100.0 Å². The molecule has 1 aromatic carbocycles. The zero-order chi connectivity index (χ0) is 39.3. The standard InChI is InChI=1S/C42H51N9O5/c1-6-37(53)45-32-20-28(7-8-34(32)49-14-13-48(23-26(49)2)29-10-17-56-18-11-29)44-38-41(55)47(5)24-33(46-38)30-9-12-43-39(31(30)25-52)51-16-15-50-35(40(51)54)19-27-21-42(3,4)22-36(27)50/h6-9,12,19-20,24,26,29,52H,1,10-11,13-18,21-23,25H2,2-5H3,(H,44,46)(H,45,53). The lowest BCUT2D eigenvalue weighted by Crippen LogP contribution is -2.56. The van der Waals surface area contributed by atoms with Crippen LogP contribution in [-0.2, 0) is 42.6 Å². The SMILES string of the molecule is C=CC(=O)Nc1cc(Nc2nc(-c3ccnc(N4CCn5c(cc6c5CC(C)(C)C6)C4=O)c3CO)cn(C)c2=O)ccc1N1CCN(C2CCOCC2)CC1C. The molecule has 3 aliphatic heterocycles. The average Bonchev–Trinajstić information content (AvgIpc) is 3.69. The Balaban J connectivity index is 1.07. The van der Waals surface area contributed by atoms with E-state index in [1.54, 1.807) is 36.5 Å². The minimum absolute atomic E-state index is 0.0590. The number of benzene rings is 1. The third-order valence-corrected chi connectivity index (χ3v) is 11.8. The Morgan fingerprint density at radius 3 is 2.64 bits per heavy atom. The van der Waals surface area contributed by atoms with Gasteiger partial charge in [0.05, 0.1) is 23.7 Å². The summed E-state index contributed by atoms with van der Waals surface area (Å²) in [6.07, 6.45) is 8.40. The number of anilines is 5. The number of nitrogens with zero attached hydrogens (tertiary/aromatic N) is 7. The first-order valence-electron chi connectivity index (χ1n) is 19.6. The Hall–Kier alpha value is -5.31. The molecular formula is C42H51N9O5. The topological polar surface area (TPSA) is 150 Å². The van der Waals surface area contributed by atoms with E-state index < -0.39 is 6.61 Å². The van der Waals surface area contributed by atoms with Gasteiger partial charge in [-0.25, -0.2) is 9.97 Å². The van der Waals surface area contributed by atoms with Crippen LogP contribution in [0.2, 0.25) is 0 Å². The third-order valence-electron chi connectivity index (χ3n) is 11.8. The van der Waals surface area contributed by atoms with Crippen molar-refractivity contribution in [3.63, 3.8) is 0 Å². The van der Waals surface area contributed by atoms with Crippen molar-refractivity contribution < 1.29 is 19.4 Å². The van der Waals surface area contributed by atoms with Crippen LogP contribution in [0.3, 0.4) is 0 Å². The summed E-state index contributed by atoms with van der Waals surface area (Å²) >= 11 is 0. The molecule has 4 aromatic rings. The molecule has 2 saturated heterocycles. The van der Waals surface area contributed by atoms with Gasteiger partial charge < -0.3 is 34.5 Å². The van der Waals surface area contributed by atoms with Crippen LogP contribution < -0.4 is 26.0 Å². The fourth-order valence-electron chi connectivity index (χ4n) is 9.05. The monoisotopic (exact) mass is 761 g/mol. The highest BCUT2D eigenvalue weighted by Gasteiger charge is 2.38. The molecule has 4 aliphatic rings. The van der Waals surface area contributed by atoms with E-state index in [2.05, 4.69) is 57.3 Å². The van der Waals surface area contributed by atoms with Gasteiger partial charge in [0.2, 0.25) is 5.91 Å². The van der Waals surface area contributed by atoms with Gasteiger partial charge in [-0.05, 0) is 80.0 Å². The normalized spacial score (nSPS) is 19.8. The molecule has 2 amide bonds. The molecule has 1 unspecified atom stereocenters. The number of hydrogen-bond donors (Lipinski definition) is 3. The molecule has 3 aromatic heterocycles. The highest BCUT2D eigenvalue weighted by Crippen LogP contribution is 2.40. The Labute approximate surface area is 326 Å². The van der Waals surface area contributed by atoms with E-state index in [0.717, 1.165) is 64.2 Å². The number of aliphatic hydroxyl groups is 1. The molecule has 14 nitrogen and oxygen atoms in total. The van der Waals surface area contributed by atoms with Crippen molar-refractivity contribution in [3.8, 4) is 11.3 Å². The molecule has 1 atom stereocenters. The molecule has 3 N–H and O–H groups in total. The largest absolute Gasteiger partial charge is 0.392 e. The van der Waals surface area contributed by atoms with Crippen molar-refractivity contribution in [2.45, 2.75) is 71.7 Å². The lowest BCUT2D eigenvalue weighted by Gasteiger charge is -2.45. The summed E-state index contributed by atoms with van der Waals surface area (Å²) in [6, 6.07) is 10.1. The highest BCUT2D eigenvalue weighted by molar-refractivity contribution is 6.06. The summed E-state index contributed by atoms with van der Waals surface area (Å²) in [4.78, 5) is 56.0. The van der Waals surface area contributed by atoms with E-state index >= 15 is 0 Å². The van der Waals surface area contributed by atoms with Gasteiger partial charge in [-0.3, -0.25) is 24.2 Å². The number of carbonyl (C=O) groups excluding carboxylic acids is 2. The van der Waals surface area contributed by atoms with Gasteiger partial charge in [-0.2, -0.15) is 0 Å². The number of rotatable bonds is 9. The predicted octanol–water partition coefficient (Wildman–Crippen LogP) is 4.48. The van der Waals surface area contributed by atoms with Crippen LogP contribution >= 0.6 is 0 Å². The van der Waals surface area contributed by atoms with Crippen LogP contribution in [0, 0.1) is 5.41 Å². The number of amides is 2. The number of hydrogen-bond acceptors (Lipinski definition) is 10. The van der Waals surface area contributed by atoms with Crippen LogP contribution in [0.4, 0.5) is 28.7 Å². The summed E-state index contributed by atoms with van der Waals surface area (Å²) < 4.78 is 9.17. The Morgan fingerprint density at radius 1 is 1.09 bits per heavy atom. The number of piperazine rings is 1. The van der Waals surface area contributed by atoms with Crippen molar-refractivity contribution in [2.75, 3.05) is 59.8 Å². The molecule has 0 saturated carbocycles. The smallest absolute Gasteiger partial charge is 0.293 e. The number of aryl methyl sites for hydroxylation is 1. The average molecular weight is 762 g/mol. The quantitative estimate of drug-likeness (QED) is 0.209. The molecule has 1 aliphatic carbocycles. The first-order chi connectivity index (χ1) is 26.9. The summed E-state index contributed by atoms with van der Waals surface area (Å²) in [5.41, 5.74) is 6.35. The van der Waals surface area contributed by atoms with Gasteiger partial charge in [0.15, 0.2) is 5.82 Å². The minimum Gasteiger partial charge on any atom is -0.392 e. The van der Waals surface area contributed by atoms with Crippen molar-refractivity contribution >= 4 is 40.5 Å². The summed E-state index contributed by atoms with van der Waals surface area (Å²) in [6.45, 7) is 15.2. The van der Waals surface area contributed by atoms with Gasteiger partial charge in [-0.1, -0.05) is 20.4 Å². The van der Waals surface area contributed by atoms with E-state index in [9.17, 15) is 19.5 Å². The van der Waals surface area contributed by atoms with E-state index in [1.807, 2.05) is 18.2 Å². The summed E-state index contributed by atoms with van der Waals surface area (Å²) in [5.74, 6) is -0.0683. The molecule has 6 heterocycles. The maximum absolute atomic E-state index is 14.0. The number of fused-ring (bicyclic) bond motifs is 3. The van der Waals surface area contributed by atoms with Crippen LogP contribution in [0.25, 0.3) is 11.3 Å². The lowest BCUT2D eigenvalue weighted by molar-refractivity contribution is -0.111. The van der Waals surface area contributed by atoms with Crippen molar-refractivity contribution in [1.82, 2.24) is 24.0 Å². The second-order valence-electron chi connectivity index (χ2n) is 16.3. The van der Waals surface area contributed by atoms with E-state index in [-0.39, 0.29) is 34.6 Å². The molecule has 0 spiro atoms. The van der Waals surface area contributed by atoms with Crippen molar-refractivity contribution in [1.29, 1.82) is 0 Å². The maximum Gasteiger partial charge on any atom is 0.293 e. The minimum atomic E-state index is -0.392. The van der Waals surface area contributed by atoms with Crippen LogP contribution in [0.1, 0.15) is 60.9 Å².